The van der Waals surface area contributed by atoms with Crippen LogP contribution < -0.4 is 30.8 Å². The molecule has 2 N–H and O–H groups in total. The fraction of sp³-hybridized carbons (Fsp3) is 0.180. The first-order chi connectivity index (χ1) is 27.3. The van der Waals surface area contributed by atoms with Crippen LogP contribution in [-0.2, 0) is 10.8 Å². The first-order valence-corrected chi connectivity index (χ1v) is 18.6. The molecular formula is C50H44O9-2. The molecule has 1 aliphatic carbocycles. The third-order valence-corrected chi connectivity index (χ3v) is 10.2. The summed E-state index contributed by atoms with van der Waals surface area (Å²) >= 11 is 0. The van der Waals surface area contributed by atoms with Gasteiger partial charge in [0, 0.05) is 38.9 Å². The number of aromatic carboxylic acids is 2. The standard InChI is InChI=1S/C25H22O4.C24H20O5.CH4/c1-14-5-8-18-21(11-14)29-22-13-16(26)7-10-19(22)23(18)17-9-6-15(25(2,3)4)12-20(17)24(27)28;1-24(2,3)13-4-7-16(23(27)28)19(10-13)22-17-8-5-14(25)11-20(17)29-21-12-15(26)6-9-18(21)22;/h5-13,26H,1H2,2-4H3,(H,27,28);4-12,25H,1-3H3,(H,27,28);1H4/p-2. The van der Waals surface area contributed by atoms with Crippen molar-refractivity contribution in [2.75, 3.05) is 0 Å². The van der Waals surface area contributed by atoms with Crippen molar-refractivity contribution in [2.45, 2.75) is 59.8 Å². The maximum atomic E-state index is 12.2. The van der Waals surface area contributed by atoms with Crippen molar-refractivity contribution in [3.8, 4) is 45.4 Å². The number of hydrogen-bond donors (Lipinski definition) is 2. The molecule has 0 spiro atoms. The van der Waals surface area contributed by atoms with Crippen LogP contribution in [0.2, 0.25) is 0 Å². The summed E-state index contributed by atoms with van der Waals surface area (Å²) in [4.78, 5) is 36.1. The van der Waals surface area contributed by atoms with Gasteiger partial charge in [0.05, 0.1) is 11.1 Å². The Morgan fingerprint density at radius 3 is 1.90 bits per heavy atom. The number of rotatable bonds is 4. The maximum absolute atomic E-state index is 12.2. The predicted octanol–water partition coefficient (Wildman–Crippen LogP) is 8.79. The molecule has 0 saturated carbocycles. The van der Waals surface area contributed by atoms with E-state index in [4.69, 9.17) is 9.15 Å². The lowest BCUT2D eigenvalue weighted by Gasteiger charge is -2.25. The van der Waals surface area contributed by atoms with Crippen LogP contribution in [0, 0.1) is 0 Å². The zero-order chi connectivity index (χ0) is 41.8. The lowest BCUT2D eigenvalue weighted by atomic mass is 9.82. The van der Waals surface area contributed by atoms with Crippen molar-refractivity contribution in [1.29, 1.82) is 0 Å². The summed E-state index contributed by atoms with van der Waals surface area (Å²) in [7, 11) is 0. The Kier molecular flexibility index (Phi) is 10.8. The van der Waals surface area contributed by atoms with Gasteiger partial charge < -0.3 is 29.6 Å². The normalized spacial score (nSPS) is 12.1. The third-order valence-electron chi connectivity index (χ3n) is 10.2. The Bertz CT molecular complexity index is 2960. The molecule has 0 saturated heterocycles. The molecule has 5 aromatic rings. The smallest absolute Gasteiger partial charge is 0.336 e. The Morgan fingerprint density at radius 2 is 1.22 bits per heavy atom. The van der Waals surface area contributed by atoms with E-state index in [0.717, 1.165) is 27.1 Å². The second-order valence-electron chi connectivity index (χ2n) is 16.4. The van der Waals surface area contributed by atoms with Crippen LogP contribution >= 0.6 is 0 Å². The minimum absolute atomic E-state index is 0. The predicted molar refractivity (Wildman–Crippen MR) is 227 cm³/mol. The van der Waals surface area contributed by atoms with Gasteiger partial charge in [0.2, 0.25) is 0 Å². The average molecular weight is 789 g/mol. The van der Waals surface area contributed by atoms with E-state index in [9.17, 15) is 34.8 Å². The van der Waals surface area contributed by atoms with E-state index in [1.807, 2.05) is 57.2 Å². The lowest BCUT2D eigenvalue weighted by Crippen LogP contribution is -2.21. The molecule has 0 atom stereocenters. The van der Waals surface area contributed by atoms with Crippen molar-refractivity contribution >= 4 is 35.1 Å². The molecule has 9 nitrogen and oxygen atoms in total. The molecule has 300 valence electrons. The summed E-state index contributed by atoms with van der Waals surface area (Å²) < 4.78 is 11.8. The Hall–Kier alpha value is -7.13. The van der Waals surface area contributed by atoms with E-state index < -0.39 is 11.9 Å². The zero-order valence-corrected chi connectivity index (χ0v) is 32.9. The molecule has 8 rings (SSSR count). The van der Waals surface area contributed by atoms with Crippen LogP contribution in [0.3, 0.4) is 0 Å². The van der Waals surface area contributed by atoms with Gasteiger partial charge in [0.25, 0.3) is 0 Å². The van der Waals surface area contributed by atoms with Crippen molar-refractivity contribution in [3.05, 3.63) is 163 Å². The first-order valence-electron chi connectivity index (χ1n) is 18.6. The summed E-state index contributed by atoms with van der Waals surface area (Å²) in [5.74, 6) is -1.16. The molecule has 0 amide bonds. The summed E-state index contributed by atoms with van der Waals surface area (Å²) in [6.45, 7) is 16.2. The van der Waals surface area contributed by atoms with Crippen LogP contribution in [-0.4, -0.2) is 22.2 Å². The van der Waals surface area contributed by atoms with Crippen LogP contribution in [0.25, 0.3) is 45.6 Å². The van der Waals surface area contributed by atoms with Crippen molar-refractivity contribution in [3.63, 3.8) is 0 Å². The fourth-order valence-electron chi connectivity index (χ4n) is 7.16. The highest BCUT2D eigenvalue weighted by Crippen LogP contribution is 2.43. The van der Waals surface area contributed by atoms with E-state index in [1.165, 1.54) is 36.4 Å². The minimum Gasteiger partial charge on any atom is -0.872 e. The highest BCUT2D eigenvalue weighted by atomic mass is 16.5. The molecule has 2 aliphatic heterocycles. The van der Waals surface area contributed by atoms with Gasteiger partial charge in [0.1, 0.15) is 22.8 Å². The van der Waals surface area contributed by atoms with Gasteiger partial charge in [-0.2, -0.15) is 0 Å². The number of ether oxygens (including phenoxy) is 1. The van der Waals surface area contributed by atoms with Crippen LogP contribution in [0.4, 0.5) is 0 Å². The van der Waals surface area contributed by atoms with E-state index in [0.29, 0.717) is 56.0 Å². The SMILES string of the molecule is C.C=c1ccc2c(c1)Oc1cc([O-])ccc1C=2c1ccc(C(C)(C)C)cc1C(=O)O.CC(C)(C)c1ccc(C(=O)O)c(-c2c3ccc(=O)cc-3oc3cc([O-])ccc23)c1. The molecule has 3 aliphatic rings. The molecule has 2 heterocycles. The molecule has 0 aromatic heterocycles. The molecule has 0 unspecified atom stereocenters. The summed E-state index contributed by atoms with van der Waals surface area (Å²) in [6.07, 6.45) is 0. The molecule has 0 fully saturated rings. The van der Waals surface area contributed by atoms with Crippen LogP contribution in [0.5, 0.6) is 23.0 Å². The number of carboxylic acid groups (broad SMARTS) is 2. The van der Waals surface area contributed by atoms with Crippen LogP contribution in [0.15, 0.2) is 118 Å². The number of carbonyl (C=O) groups is 2. The summed E-state index contributed by atoms with van der Waals surface area (Å²) in [5, 5.41) is 45.7. The molecule has 5 aromatic carbocycles. The molecule has 9 heteroatoms. The third kappa shape index (κ3) is 8.05. The maximum Gasteiger partial charge on any atom is 0.336 e. The van der Waals surface area contributed by atoms with Gasteiger partial charge in [-0.3, -0.25) is 4.79 Å². The largest absolute Gasteiger partial charge is 0.872 e. The van der Waals surface area contributed by atoms with E-state index in [-0.39, 0.29) is 46.3 Å². The lowest BCUT2D eigenvalue weighted by molar-refractivity contribution is -0.269. The second kappa shape index (κ2) is 15.3. The van der Waals surface area contributed by atoms with Crippen LogP contribution in [0.1, 0.15) is 91.9 Å². The monoisotopic (exact) mass is 788 g/mol. The van der Waals surface area contributed by atoms with Crippen molar-refractivity contribution < 1.29 is 39.2 Å². The average Bonchev–Trinajstić information content (AvgIpc) is 3.14. The Morgan fingerprint density at radius 1 is 0.610 bits per heavy atom. The summed E-state index contributed by atoms with van der Waals surface area (Å²) in [5.41, 5.74) is 5.76. The van der Waals surface area contributed by atoms with E-state index in [2.05, 4.69) is 27.4 Å². The van der Waals surface area contributed by atoms with Gasteiger partial charge in [-0.1, -0.05) is 110 Å². The topological polar surface area (TPSA) is 160 Å². The highest BCUT2D eigenvalue weighted by Gasteiger charge is 2.27. The van der Waals surface area contributed by atoms with Gasteiger partial charge in [-0.15, -0.1) is 11.5 Å². The Balaban J connectivity index is 0.000000195. The number of benzene rings is 6. The van der Waals surface area contributed by atoms with E-state index >= 15 is 0 Å². The molecule has 59 heavy (non-hydrogen) atoms. The van der Waals surface area contributed by atoms with Gasteiger partial charge in [-0.25, -0.2) is 9.59 Å². The highest BCUT2D eigenvalue weighted by molar-refractivity contribution is 6.07. The first kappa shape index (κ1) is 41.5. The van der Waals surface area contributed by atoms with Gasteiger partial charge >= 0.3 is 11.9 Å². The van der Waals surface area contributed by atoms with Gasteiger partial charge in [0.15, 0.2) is 5.43 Å². The molecule has 0 bridgehead atoms. The Labute approximate surface area is 341 Å². The van der Waals surface area contributed by atoms with Crippen molar-refractivity contribution in [1.82, 2.24) is 0 Å². The summed E-state index contributed by atoms with van der Waals surface area (Å²) in [6, 6.07) is 29.8. The zero-order valence-electron chi connectivity index (χ0n) is 32.9. The molecular weight excluding hydrogens is 745 g/mol. The molecule has 0 radical (unpaired) electrons. The van der Waals surface area contributed by atoms with Gasteiger partial charge in [-0.05, 0) is 86.8 Å². The van der Waals surface area contributed by atoms with Crippen molar-refractivity contribution in [2.24, 2.45) is 0 Å². The number of carboxylic acids is 2. The quantitative estimate of drug-likeness (QED) is 0.166. The van der Waals surface area contributed by atoms with E-state index in [1.54, 1.807) is 36.4 Å². The minimum atomic E-state index is -1.05. The number of fused-ring (bicyclic) bond motifs is 4. The fourth-order valence-corrected chi connectivity index (χ4v) is 7.16. The second-order valence-corrected chi connectivity index (χ2v) is 16.4. The number of hydrogen-bond acceptors (Lipinski definition) is 7.